The normalized spacial score (nSPS) is 20.7. The molecule has 0 spiro atoms. The van der Waals surface area contributed by atoms with E-state index in [-0.39, 0.29) is 0 Å². The first kappa shape index (κ1) is 11.9. The van der Waals surface area contributed by atoms with E-state index in [0.29, 0.717) is 12.5 Å². The first-order valence-corrected chi connectivity index (χ1v) is 5.15. The van der Waals surface area contributed by atoms with Crippen molar-refractivity contribution in [2.24, 2.45) is 5.92 Å². The SMILES string of the molecule is [B]C([B])(O)N1CC=C(C(C)C)CCC1. The Morgan fingerprint density at radius 1 is 1.50 bits per heavy atom. The minimum absolute atomic E-state index is 0.568. The van der Waals surface area contributed by atoms with Crippen LogP contribution >= 0.6 is 0 Å². The van der Waals surface area contributed by atoms with Crippen molar-refractivity contribution in [3.05, 3.63) is 11.6 Å². The van der Waals surface area contributed by atoms with E-state index in [2.05, 4.69) is 19.9 Å². The Kier molecular flexibility index (Phi) is 3.85. The third-order valence-electron chi connectivity index (χ3n) is 2.72. The van der Waals surface area contributed by atoms with Crippen molar-refractivity contribution in [3.8, 4) is 0 Å². The fourth-order valence-corrected chi connectivity index (χ4v) is 1.74. The molecule has 1 aliphatic heterocycles. The molecule has 0 saturated heterocycles. The molecule has 0 saturated carbocycles. The van der Waals surface area contributed by atoms with Crippen molar-refractivity contribution >= 4 is 15.7 Å². The summed E-state index contributed by atoms with van der Waals surface area (Å²) in [5.41, 5.74) is -0.250. The minimum atomic E-state index is -1.68. The zero-order chi connectivity index (χ0) is 10.8. The van der Waals surface area contributed by atoms with Gasteiger partial charge in [-0.05, 0) is 25.3 Å². The molecule has 2 nitrogen and oxygen atoms in total. The molecule has 74 valence electrons. The summed E-state index contributed by atoms with van der Waals surface area (Å²) in [6, 6.07) is 0. The topological polar surface area (TPSA) is 23.5 Å². The largest absolute Gasteiger partial charge is 0.395 e. The van der Waals surface area contributed by atoms with Gasteiger partial charge in [0, 0.05) is 12.1 Å². The number of nitrogens with zero attached hydrogens (tertiary/aromatic N) is 1. The zero-order valence-corrected chi connectivity index (χ0v) is 9.03. The Labute approximate surface area is 89.2 Å². The summed E-state index contributed by atoms with van der Waals surface area (Å²) < 4.78 is 0. The number of allylic oxidation sites excluding steroid dienone is 1. The predicted molar refractivity (Wildman–Crippen MR) is 60.2 cm³/mol. The molecule has 4 radical (unpaired) electrons. The van der Waals surface area contributed by atoms with Gasteiger partial charge in [-0.25, -0.2) is 0 Å². The summed E-state index contributed by atoms with van der Waals surface area (Å²) in [6.45, 7) is 5.74. The van der Waals surface area contributed by atoms with Gasteiger partial charge in [-0.3, -0.25) is 4.90 Å². The average molecular weight is 189 g/mol. The standard InChI is InChI=1S/C10H17B2NO/c1-8(2)9-4-3-6-13(7-5-9)10(11,12)14/h5,8,14H,3-4,6-7H2,1-2H3. The molecule has 0 aliphatic carbocycles. The molecule has 0 aromatic heterocycles. The molecule has 0 bridgehead atoms. The van der Waals surface area contributed by atoms with Crippen molar-refractivity contribution in [2.75, 3.05) is 13.1 Å². The number of hydrogen-bond donors (Lipinski definition) is 1. The van der Waals surface area contributed by atoms with E-state index >= 15 is 0 Å². The van der Waals surface area contributed by atoms with Gasteiger partial charge in [0.2, 0.25) is 0 Å². The van der Waals surface area contributed by atoms with Crippen LogP contribution in [0.4, 0.5) is 0 Å². The smallest absolute Gasteiger partial charge is 0.120 e. The molecular weight excluding hydrogens is 172 g/mol. The second-order valence-corrected chi connectivity index (χ2v) is 4.27. The van der Waals surface area contributed by atoms with Crippen molar-refractivity contribution in [1.82, 2.24) is 4.90 Å². The predicted octanol–water partition coefficient (Wildman–Crippen LogP) is 0.605. The molecule has 1 N–H and O–H groups in total. The maximum atomic E-state index is 9.44. The quantitative estimate of drug-likeness (QED) is 0.507. The Bertz CT molecular complexity index is 221. The van der Waals surface area contributed by atoms with Crippen LogP contribution in [0.1, 0.15) is 26.7 Å². The van der Waals surface area contributed by atoms with E-state index in [1.807, 2.05) is 0 Å². The second-order valence-electron chi connectivity index (χ2n) is 4.27. The molecule has 1 rings (SSSR count). The molecule has 4 heteroatoms. The van der Waals surface area contributed by atoms with Crippen LogP contribution in [0.3, 0.4) is 0 Å². The van der Waals surface area contributed by atoms with E-state index < -0.39 is 5.52 Å². The lowest BCUT2D eigenvalue weighted by Crippen LogP contribution is -2.50. The highest BCUT2D eigenvalue weighted by Crippen LogP contribution is 2.20. The second kappa shape index (κ2) is 4.54. The lowest BCUT2D eigenvalue weighted by Gasteiger charge is -2.33. The highest BCUT2D eigenvalue weighted by molar-refractivity contribution is 6.38. The molecule has 1 heterocycles. The van der Waals surface area contributed by atoms with Crippen LogP contribution in [0, 0.1) is 5.92 Å². The molecule has 0 atom stereocenters. The summed E-state index contributed by atoms with van der Waals surface area (Å²) in [4.78, 5) is 1.68. The average Bonchev–Trinajstić information content (AvgIpc) is 2.26. The van der Waals surface area contributed by atoms with Gasteiger partial charge < -0.3 is 5.11 Å². The van der Waals surface area contributed by atoms with Crippen LogP contribution in [-0.4, -0.2) is 44.3 Å². The highest BCUT2D eigenvalue weighted by Gasteiger charge is 2.22. The summed E-state index contributed by atoms with van der Waals surface area (Å²) in [5, 5.41) is 9.44. The fourth-order valence-electron chi connectivity index (χ4n) is 1.74. The van der Waals surface area contributed by atoms with Gasteiger partial charge in [0.05, 0.1) is 0 Å². The van der Waals surface area contributed by atoms with Gasteiger partial charge in [-0.2, -0.15) is 0 Å². The van der Waals surface area contributed by atoms with E-state index in [1.165, 1.54) is 5.57 Å². The van der Waals surface area contributed by atoms with Crippen molar-refractivity contribution in [3.63, 3.8) is 0 Å². The molecule has 14 heavy (non-hydrogen) atoms. The first-order chi connectivity index (χ1) is 6.41. The molecule has 0 amide bonds. The van der Waals surface area contributed by atoms with Crippen LogP contribution in [0.2, 0.25) is 0 Å². The summed E-state index contributed by atoms with van der Waals surface area (Å²) >= 11 is 0. The van der Waals surface area contributed by atoms with Crippen LogP contribution in [0.25, 0.3) is 0 Å². The van der Waals surface area contributed by atoms with Gasteiger partial charge in [0.15, 0.2) is 0 Å². The van der Waals surface area contributed by atoms with Gasteiger partial charge in [-0.15, -0.1) is 0 Å². The number of aliphatic hydroxyl groups is 1. The Morgan fingerprint density at radius 2 is 2.14 bits per heavy atom. The van der Waals surface area contributed by atoms with Crippen LogP contribution < -0.4 is 0 Å². The highest BCUT2D eigenvalue weighted by atomic mass is 16.3. The van der Waals surface area contributed by atoms with Crippen LogP contribution in [0.5, 0.6) is 0 Å². The molecule has 0 aromatic carbocycles. The lowest BCUT2D eigenvalue weighted by molar-refractivity contribution is 0.0407. The zero-order valence-electron chi connectivity index (χ0n) is 9.03. The molecular formula is C10H17B2NO. The number of hydrogen-bond acceptors (Lipinski definition) is 2. The molecule has 1 aliphatic rings. The fraction of sp³-hybridized carbons (Fsp3) is 0.800. The van der Waals surface area contributed by atoms with Crippen LogP contribution in [0.15, 0.2) is 11.6 Å². The first-order valence-electron chi connectivity index (χ1n) is 5.15. The lowest BCUT2D eigenvalue weighted by atomic mass is 9.72. The summed E-state index contributed by atoms with van der Waals surface area (Å²) in [5.74, 6) is 0.568. The van der Waals surface area contributed by atoms with Gasteiger partial charge in [0.1, 0.15) is 15.7 Å². The molecule has 0 fully saturated rings. The van der Waals surface area contributed by atoms with E-state index in [1.54, 1.807) is 4.90 Å². The van der Waals surface area contributed by atoms with Crippen molar-refractivity contribution < 1.29 is 5.11 Å². The van der Waals surface area contributed by atoms with Crippen LogP contribution in [-0.2, 0) is 0 Å². The molecule has 0 aromatic rings. The third-order valence-corrected chi connectivity index (χ3v) is 2.72. The van der Waals surface area contributed by atoms with Gasteiger partial charge in [0.25, 0.3) is 0 Å². The minimum Gasteiger partial charge on any atom is -0.395 e. The molecule has 0 unspecified atom stereocenters. The Hall–Kier alpha value is -0.210. The Morgan fingerprint density at radius 3 is 2.64 bits per heavy atom. The monoisotopic (exact) mass is 189 g/mol. The van der Waals surface area contributed by atoms with E-state index in [9.17, 15) is 5.11 Å². The Balaban J connectivity index is 2.64. The maximum Gasteiger partial charge on any atom is 0.120 e. The van der Waals surface area contributed by atoms with Gasteiger partial charge in [-0.1, -0.05) is 25.5 Å². The maximum absolute atomic E-state index is 9.44. The van der Waals surface area contributed by atoms with E-state index in [0.717, 1.165) is 19.4 Å². The third kappa shape index (κ3) is 3.18. The van der Waals surface area contributed by atoms with Crippen molar-refractivity contribution in [1.29, 1.82) is 0 Å². The van der Waals surface area contributed by atoms with E-state index in [4.69, 9.17) is 15.7 Å². The van der Waals surface area contributed by atoms with Gasteiger partial charge >= 0.3 is 0 Å². The number of rotatable bonds is 2. The summed E-state index contributed by atoms with van der Waals surface area (Å²) in [7, 11) is 10.9. The van der Waals surface area contributed by atoms with Crippen molar-refractivity contribution in [2.45, 2.75) is 32.2 Å². The summed E-state index contributed by atoms with van der Waals surface area (Å²) in [6.07, 6.45) is 4.20.